The van der Waals surface area contributed by atoms with Crippen molar-refractivity contribution in [3.63, 3.8) is 0 Å². The molecule has 0 saturated carbocycles. The van der Waals surface area contributed by atoms with Crippen molar-refractivity contribution in [2.75, 3.05) is 17.2 Å². The quantitative estimate of drug-likeness (QED) is 0.839. The number of aromatic nitrogens is 5. The molecule has 19 heavy (non-hydrogen) atoms. The van der Waals surface area contributed by atoms with E-state index in [1.807, 2.05) is 19.3 Å². The molecule has 0 aliphatic heterocycles. The first-order valence-electron chi connectivity index (χ1n) is 6.05. The third kappa shape index (κ3) is 4.06. The Morgan fingerprint density at radius 3 is 2.58 bits per heavy atom. The second-order valence-electron chi connectivity index (χ2n) is 4.01. The van der Waals surface area contributed by atoms with Crippen molar-refractivity contribution < 1.29 is 0 Å². The largest absolute Gasteiger partial charge is 0.354 e. The molecule has 0 aromatic carbocycles. The lowest BCUT2D eigenvalue weighted by Gasteiger charge is -2.06. The van der Waals surface area contributed by atoms with Crippen LogP contribution in [-0.4, -0.2) is 31.3 Å². The molecule has 0 aliphatic carbocycles. The van der Waals surface area contributed by atoms with Gasteiger partial charge in [0, 0.05) is 19.8 Å². The smallest absolute Gasteiger partial charge is 0.229 e. The summed E-state index contributed by atoms with van der Waals surface area (Å²) in [5.41, 5.74) is 0.905. The first kappa shape index (κ1) is 13.5. The van der Waals surface area contributed by atoms with Gasteiger partial charge in [-0.25, -0.2) is 0 Å². The predicted molar refractivity (Wildman–Crippen MR) is 74.2 cm³/mol. The number of hydrogen-bond donors (Lipinski definition) is 2. The van der Waals surface area contributed by atoms with Gasteiger partial charge in [-0.1, -0.05) is 6.92 Å². The molecule has 0 bridgehead atoms. The molecule has 2 rings (SSSR count). The van der Waals surface area contributed by atoms with Gasteiger partial charge in [-0.05, 0) is 24.1 Å². The molecule has 7 nitrogen and oxygen atoms in total. The Hall–Kier alpha value is -1.89. The fraction of sp³-hybridized carbons (Fsp3) is 0.455. The van der Waals surface area contributed by atoms with Gasteiger partial charge in [-0.2, -0.15) is 20.1 Å². The van der Waals surface area contributed by atoms with Gasteiger partial charge in [-0.3, -0.25) is 4.68 Å². The zero-order valence-corrected chi connectivity index (χ0v) is 11.6. The fourth-order valence-corrected chi connectivity index (χ4v) is 1.63. The number of nitrogens with one attached hydrogen (secondary N) is 2. The van der Waals surface area contributed by atoms with Crippen LogP contribution in [0.2, 0.25) is 5.28 Å². The standard InChI is InChI=1S/C11H16ClN7/c1-3-5-13-10-15-9(12)16-11(17-10)14-7-8-4-6-19(2)18-8/h4,6H,3,5,7H2,1-2H3,(H2,13,14,15,16,17). The van der Waals surface area contributed by atoms with Crippen LogP contribution in [0.5, 0.6) is 0 Å². The van der Waals surface area contributed by atoms with Crippen LogP contribution in [-0.2, 0) is 13.6 Å². The van der Waals surface area contributed by atoms with E-state index in [0.717, 1.165) is 18.7 Å². The summed E-state index contributed by atoms with van der Waals surface area (Å²) >= 11 is 5.85. The maximum absolute atomic E-state index is 5.85. The van der Waals surface area contributed by atoms with E-state index < -0.39 is 0 Å². The van der Waals surface area contributed by atoms with Gasteiger partial charge in [-0.15, -0.1) is 0 Å². The van der Waals surface area contributed by atoms with Gasteiger partial charge in [0.05, 0.1) is 12.2 Å². The molecule has 0 atom stereocenters. The highest BCUT2D eigenvalue weighted by atomic mass is 35.5. The molecule has 0 unspecified atom stereocenters. The lowest BCUT2D eigenvalue weighted by atomic mass is 10.4. The summed E-state index contributed by atoms with van der Waals surface area (Å²) in [4.78, 5) is 12.3. The summed E-state index contributed by atoms with van der Waals surface area (Å²) in [6.45, 7) is 3.39. The van der Waals surface area contributed by atoms with Crippen LogP contribution in [0.15, 0.2) is 12.3 Å². The summed E-state index contributed by atoms with van der Waals surface area (Å²) in [5.74, 6) is 0.912. The summed E-state index contributed by atoms with van der Waals surface area (Å²) in [7, 11) is 1.87. The van der Waals surface area contributed by atoms with Crippen molar-refractivity contribution in [1.82, 2.24) is 24.7 Å². The van der Waals surface area contributed by atoms with E-state index in [-0.39, 0.29) is 5.28 Å². The summed E-state index contributed by atoms with van der Waals surface area (Å²) < 4.78 is 1.74. The molecule has 0 saturated heterocycles. The minimum absolute atomic E-state index is 0.164. The SMILES string of the molecule is CCCNc1nc(Cl)nc(NCc2ccn(C)n2)n1. The van der Waals surface area contributed by atoms with E-state index in [1.165, 1.54) is 0 Å². The van der Waals surface area contributed by atoms with Crippen molar-refractivity contribution in [2.45, 2.75) is 19.9 Å². The van der Waals surface area contributed by atoms with Gasteiger partial charge in [0.1, 0.15) is 0 Å². The lowest BCUT2D eigenvalue weighted by Crippen LogP contribution is -2.10. The van der Waals surface area contributed by atoms with Crippen molar-refractivity contribution in [1.29, 1.82) is 0 Å². The Bertz CT molecular complexity index is 540. The van der Waals surface area contributed by atoms with E-state index in [1.54, 1.807) is 4.68 Å². The maximum atomic E-state index is 5.85. The van der Waals surface area contributed by atoms with Crippen molar-refractivity contribution in [2.24, 2.45) is 7.05 Å². The van der Waals surface area contributed by atoms with Crippen LogP contribution in [0.4, 0.5) is 11.9 Å². The normalized spacial score (nSPS) is 10.5. The number of halogens is 1. The molecule has 8 heteroatoms. The number of hydrogen-bond acceptors (Lipinski definition) is 6. The zero-order valence-electron chi connectivity index (χ0n) is 10.9. The highest BCUT2D eigenvalue weighted by Gasteiger charge is 2.05. The number of anilines is 2. The highest BCUT2D eigenvalue weighted by Crippen LogP contribution is 2.10. The molecule has 0 aliphatic rings. The molecule has 2 heterocycles. The fourth-order valence-electron chi connectivity index (χ4n) is 1.47. The van der Waals surface area contributed by atoms with Gasteiger partial charge < -0.3 is 10.6 Å². The number of rotatable bonds is 6. The molecule has 0 fully saturated rings. The third-order valence-corrected chi connectivity index (χ3v) is 2.51. The second kappa shape index (κ2) is 6.33. The Morgan fingerprint density at radius 1 is 1.21 bits per heavy atom. The average molecular weight is 282 g/mol. The van der Waals surface area contributed by atoms with Gasteiger partial charge >= 0.3 is 0 Å². The van der Waals surface area contributed by atoms with E-state index in [4.69, 9.17) is 11.6 Å². The Kier molecular flexibility index (Phi) is 4.51. The molecule has 0 spiro atoms. The minimum Gasteiger partial charge on any atom is -0.354 e. The lowest BCUT2D eigenvalue weighted by molar-refractivity contribution is 0.746. The first-order valence-corrected chi connectivity index (χ1v) is 6.43. The molecular formula is C11H16ClN7. The Labute approximate surface area is 116 Å². The Morgan fingerprint density at radius 2 is 1.95 bits per heavy atom. The molecule has 0 amide bonds. The van der Waals surface area contributed by atoms with Crippen molar-refractivity contribution >= 4 is 23.5 Å². The minimum atomic E-state index is 0.164. The first-order chi connectivity index (χ1) is 9.17. The third-order valence-electron chi connectivity index (χ3n) is 2.34. The van der Waals surface area contributed by atoms with E-state index in [9.17, 15) is 0 Å². The van der Waals surface area contributed by atoms with Crippen LogP contribution < -0.4 is 10.6 Å². The number of nitrogens with zero attached hydrogens (tertiary/aromatic N) is 5. The van der Waals surface area contributed by atoms with Crippen molar-refractivity contribution in [3.8, 4) is 0 Å². The molecular weight excluding hydrogens is 266 g/mol. The summed E-state index contributed by atoms with van der Waals surface area (Å²) in [6.07, 6.45) is 2.87. The van der Waals surface area contributed by atoms with Crippen molar-refractivity contribution in [3.05, 3.63) is 23.2 Å². The van der Waals surface area contributed by atoms with Crippen LogP contribution in [0.25, 0.3) is 0 Å². The zero-order chi connectivity index (χ0) is 13.7. The van der Waals surface area contributed by atoms with Crippen LogP contribution in [0, 0.1) is 0 Å². The van der Waals surface area contributed by atoms with Gasteiger partial charge in [0.2, 0.25) is 17.2 Å². The highest BCUT2D eigenvalue weighted by molar-refractivity contribution is 6.28. The van der Waals surface area contributed by atoms with Gasteiger partial charge in [0.15, 0.2) is 0 Å². The molecule has 2 aromatic rings. The molecule has 2 aromatic heterocycles. The van der Waals surface area contributed by atoms with E-state index in [0.29, 0.717) is 18.4 Å². The molecule has 2 N–H and O–H groups in total. The van der Waals surface area contributed by atoms with Crippen LogP contribution >= 0.6 is 11.6 Å². The monoisotopic (exact) mass is 281 g/mol. The predicted octanol–water partition coefficient (Wildman–Crippen LogP) is 1.69. The van der Waals surface area contributed by atoms with E-state index in [2.05, 4.69) is 37.6 Å². The average Bonchev–Trinajstić information content (AvgIpc) is 2.79. The maximum Gasteiger partial charge on any atom is 0.229 e. The second-order valence-corrected chi connectivity index (χ2v) is 4.35. The topological polar surface area (TPSA) is 80.5 Å². The van der Waals surface area contributed by atoms with Crippen LogP contribution in [0.1, 0.15) is 19.0 Å². The summed E-state index contributed by atoms with van der Waals surface area (Å²) in [5, 5.41) is 10.6. The van der Waals surface area contributed by atoms with Gasteiger partial charge in [0.25, 0.3) is 0 Å². The number of aryl methyl sites for hydroxylation is 1. The van der Waals surface area contributed by atoms with Crippen LogP contribution in [0.3, 0.4) is 0 Å². The molecule has 0 radical (unpaired) electrons. The summed E-state index contributed by atoms with van der Waals surface area (Å²) in [6, 6.07) is 1.92. The van der Waals surface area contributed by atoms with E-state index >= 15 is 0 Å². The molecule has 102 valence electrons. The Balaban J connectivity index is 2.01.